The van der Waals surface area contributed by atoms with E-state index < -0.39 is 0 Å². The molecule has 0 radical (unpaired) electrons. The fourth-order valence-electron chi connectivity index (χ4n) is 3.27. The molecule has 1 aromatic carbocycles. The molecule has 1 heterocycles. The molecule has 0 aliphatic carbocycles. The lowest BCUT2D eigenvalue weighted by Gasteiger charge is -2.44. The van der Waals surface area contributed by atoms with Crippen molar-refractivity contribution in [3.05, 3.63) is 35.9 Å². The summed E-state index contributed by atoms with van der Waals surface area (Å²) in [6.07, 6.45) is 1.77. The van der Waals surface area contributed by atoms with Gasteiger partial charge in [-0.1, -0.05) is 44.2 Å². The number of benzene rings is 1. The van der Waals surface area contributed by atoms with E-state index in [0.29, 0.717) is 6.04 Å². The highest BCUT2D eigenvalue weighted by atomic mass is 16.3. The Labute approximate surface area is 123 Å². The Kier molecular flexibility index (Phi) is 5.58. The lowest BCUT2D eigenvalue weighted by atomic mass is 9.97. The van der Waals surface area contributed by atoms with Crippen molar-refractivity contribution in [1.29, 1.82) is 0 Å². The summed E-state index contributed by atoms with van der Waals surface area (Å²) in [5.41, 5.74) is 1.03. The van der Waals surface area contributed by atoms with Crippen molar-refractivity contribution in [3.63, 3.8) is 0 Å². The minimum Gasteiger partial charge on any atom is -0.387 e. The third kappa shape index (κ3) is 3.40. The molecule has 1 aliphatic rings. The standard InChI is InChI=1S/C17H28N2O/c1-4-15-13-19(12-11-18(15)3)16(5-2)17(20)14-9-7-6-8-10-14/h6-10,15-17,20H,4-5,11-13H2,1-3H3. The summed E-state index contributed by atoms with van der Waals surface area (Å²) in [6, 6.07) is 10.9. The average molecular weight is 276 g/mol. The molecule has 2 rings (SSSR count). The Hall–Kier alpha value is -0.900. The molecule has 1 fully saturated rings. The van der Waals surface area contributed by atoms with Gasteiger partial charge in [0.1, 0.15) is 0 Å². The molecule has 0 spiro atoms. The number of hydrogen-bond donors (Lipinski definition) is 1. The van der Waals surface area contributed by atoms with Crippen molar-refractivity contribution in [2.24, 2.45) is 0 Å². The summed E-state index contributed by atoms with van der Waals surface area (Å²) >= 11 is 0. The van der Waals surface area contributed by atoms with Gasteiger partial charge in [-0.25, -0.2) is 0 Å². The van der Waals surface area contributed by atoms with Crippen molar-refractivity contribution in [2.45, 2.75) is 44.9 Å². The molecule has 3 nitrogen and oxygen atoms in total. The first-order chi connectivity index (χ1) is 9.67. The van der Waals surface area contributed by atoms with Gasteiger partial charge in [0.15, 0.2) is 0 Å². The quantitative estimate of drug-likeness (QED) is 0.895. The molecular weight excluding hydrogens is 248 g/mol. The molecule has 0 aromatic heterocycles. The summed E-state index contributed by atoms with van der Waals surface area (Å²) in [6.45, 7) is 7.64. The number of aliphatic hydroxyl groups excluding tert-OH is 1. The summed E-state index contributed by atoms with van der Waals surface area (Å²) in [4.78, 5) is 4.92. The molecule has 3 heteroatoms. The minimum absolute atomic E-state index is 0.222. The predicted molar refractivity (Wildman–Crippen MR) is 83.8 cm³/mol. The first kappa shape index (κ1) is 15.5. The zero-order chi connectivity index (χ0) is 14.5. The van der Waals surface area contributed by atoms with Gasteiger partial charge in [0.2, 0.25) is 0 Å². The van der Waals surface area contributed by atoms with E-state index in [1.165, 1.54) is 6.42 Å². The van der Waals surface area contributed by atoms with Crippen LogP contribution in [0.1, 0.15) is 38.4 Å². The van der Waals surface area contributed by atoms with Crippen LogP contribution < -0.4 is 0 Å². The highest BCUT2D eigenvalue weighted by molar-refractivity contribution is 5.19. The maximum atomic E-state index is 10.7. The highest BCUT2D eigenvalue weighted by Gasteiger charge is 2.31. The smallest absolute Gasteiger partial charge is 0.0945 e. The molecule has 1 aromatic rings. The molecule has 0 bridgehead atoms. The Morgan fingerprint density at radius 3 is 2.50 bits per heavy atom. The zero-order valence-corrected chi connectivity index (χ0v) is 13.0. The Balaban J connectivity index is 2.08. The van der Waals surface area contributed by atoms with Crippen molar-refractivity contribution < 1.29 is 5.11 Å². The number of nitrogens with zero attached hydrogens (tertiary/aromatic N) is 2. The van der Waals surface area contributed by atoms with Crippen LogP contribution in [0.25, 0.3) is 0 Å². The van der Waals surface area contributed by atoms with Crippen molar-refractivity contribution >= 4 is 0 Å². The van der Waals surface area contributed by atoms with Crippen LogP contribution in [0.3, 0.4) is 0 Å². The lowest BCUT2D eigenvalue weighted by molar-refractivity contribution is -0.000253. The second kappa shape index (κ2) is 7.21. The number of aliphatic hydroxyl groups is 1. The first-order valence-electron chi connectivity index (χ1n) is 7.84. The van der Waals surface area contributed by atoms with Crippen LogP contribution >= 0.6 is 0 Å². The second-order valence-corrected chi connectivity index (χ2v) is 5.87. The van der Waals surface area contributed by atoms with E-state index in [1.807, 2.05) is 30.3 Å². The van der Waals surface area contributed by atoms with Crippen LogP contribution in [-0.4, -0.2) is 53.7 Å². The van der Waals surface area contributed by atoms with Gasteiger partial charge in [-0.2, -0.15) is 0 Å². The second-order valence-electron chi connectivity index (χ2n) is 5.87. The molecule has 1 saturated heterocycles. The molecule has 20 heavy (non-hydrogen) atoms. The molecule has 1 N–H and O–H groups in total. The third-order valence-electron chi connectivity index (χ3n) is 4.67. The molecule has 0 saturated carbocycles. The van der Waals surface area contributed by atoms with Gasteiger partial charge in [-0.3, -0.25) is 4.90 Å². The van der Waals surface area contributed by atoms with E-state index >= 15 is 0 Å². The number of likely N-dealkylation sites (N-methyl/N-ethyl adjacent to an activating group) is 1. The summed E-state index contributed by atoms with van der Waals surface area (Å²) in [5.74, 6) is 0. The molecule has 3 atom stereocenters. The Morgan fingerprint density at radius 2 is 1.90 bits per heavy atom. The maximum absolute atomic E-state index is 10.7. The van der Waals surface area contributed by atoms with E-state index in [2.05, 4.69) is 30.7 Å². The minimum atomic E-state index is -0.387. The van der Waals surface area contributed by atoms with Gasteiger partial charge < -0.3 is 10.0 Å². The average Bonchev–Trinajstić information content (AvgIpc) is 2.50. The molecule has 3 unspecified atom stereocenters. The van der Waals surface area contributed by atoms with Crippen molar-refractivity contribution in [1.82, 2.24) is 9.80 Å². The van der Waals surface area contributed by atoms with Gasteiger partial charge in [-0.15, -0.1) is 0 Å². The van der Waals surface area contributed by atoms with Gasteiger partial charge in [0, 0.05) is 31.7 Å². The van der Waals surface area contributed by atoms with Crippen LogP contribution in [-0.2, 0) is 0 Å². The van der Waals surface area contributed by atoms with E-state index in [-0.39, 0.29) is 12.1 Å². The van der Waals surface area contributed by atoms with Crippen LogP contribution in [0.15, 0.2) is 30.3 Å². The normalized spacial score (nSPS) is 24.5. The lowest BCUT2D eigenvalue weighted by Crippen LogP contribution is -2.55. The van der Waals surface area contributed by atoms with E-state index in [4.69, 9.17) is 0 Å². The maximum Gasteiger partial charge on any atom is 0.0945 e. The van der Waals surface area contributed by atoms with E-state index in [1.54, 1.807) is 0 Å². The molecular formula is C17H28N2O. The summed E-state index contributed by atoms with van der Waals surface area (Å²) in [7, 11) is 2.21. The molecule has 112 valence electrons. The molecule has 1 aliphatic heterocycles. The zero-order valence-electron chi connectivity index (χ0n) is 13.0. The van der Waals surface area contributed by atoms with Crippen molar-refractivity contribution in [2.75, 3.05) is 26.7 Å². The van der Waals surface area contributed by atoms with Gasteiger partial charge in [-0.05, 0) is 25.5 Å². The fraction of sp³-hybridized carbons (Fsp3) is 0.647. The van der Waals surface area contributed by atoms with Crippen LogP contribution in [0.4, 0.5) is 0 Å². The number of rotatable bonds is 5. The third-order valence-corrected chi connectivity index (χ3v) is 4.67. The van der Waals surface area contributed by atoms with Crippen LogP contribution in [0.2, 0.25) is 0 Å². The SMILES string of the molecule is CCC1CN(C(CC)C(O)c2ccccc2)CCN1C. The van der Waals surface area contributed by atoms with Gasteiger partial charge >= 0.3 is 0 Å². The van der Waals surface area contributed by atoms with Gasteiger partial charge in [0.25, 0.3) is 0 Å². The van der Waals surface area contributed by atoms with Gasteiger partial charge in [0.05, 0.1) is 6.10 Å². The fourth-order valence-corrected chi connectivity index (χ4v) is 3.27. The first-order valence-corrected chi connectivity index (χ1v) is 7.84. The highest BCUT2D eigenvalue weighted by Crippen LogP contribution is 2.25. The number of piperazine rings is 1. The van der Waals surface area contributed by atoms with E-state index in [0.717, 1.165) is 31.6 Å². The van der Waals surface area contributed by atoms with Crippen LogP contribution in [0, 0.1) is 0 Å². The molecule has 0 amide bonds. The Morgan fingerprint density at radius 1 is 1.20 bits per heavy atom. The summed E-state index contributed by atoms with van der Waals surface area (Å²) in [5, 5.41) is 10.7. The topological polar surface area (TPSA) is 26.7 Å². The monoisotopic (exact) mass is 276 g/mol. The summed E-state index contributed by atoms with van der Waals surface area (Å²) < 4.78 is 0. The van der Waals surface area contributed by atoms with Crippen molar-refractivity contribution in [3.8, 4) is 0 Å². The predicted octanol–water partition coefficient (Wildman–Crippen LogP) is 2.52. The largest absolute Gasteiger partial charge is 0.387 e. The van der Waals surface area contributed by atoms with Crippen LogP contribution in [0.5, 0.6) is 0 Å². The van der Waals surface area contributed by atoms with E-state index in [9.17, 15) is 5.11 Å². The number of hydrogen-bond acceptors (Lipinski definition) is 3. The Bertz CT molecular complexity index is 395.